The zero-order chi connectivity index (χ0) is 16.3. The minimum Gasteiger partial charge on any atom is -0.350 e. The van der Waals surface area contributed by atoms with E-state index < -0.39 is 29.0 Å². The molecule has 3 N–H and O–H groups in total. The van der Waals surface area contributed by atoms with Crippen LogP contribution in [-0.4, -0.2) is 18.0 Å². The van der Waals surface area contributed by atoms with Crippen LogP contribution in [0.25, 0.3) is 0 Å². The Bertz CT molecular complexity index is 510. The number of nitrogens with one attached hydrogen (secondary N) is 1. The highest BCUT2D eigenvalue weighted by atomic mass is 19.4. The summed E-state index contributed by atoms with van der Waals surface area (Å²) >= 11 is 0. The van der Waals surface area contributed by atoms with Gasteiger partial charge in [0.05, 0.1) is 5.56 Å². The smallest absolute Gasteiger partial charge is 0.350 e. The molecular formula is C14H18F4N2O. The molecule has 7 heteroatoms. The number of hydrogen-bond acceptors (Lipinski definition) is 2. The zero-order valence-corrected chi connectivity index (χ0v) is 11.9. The minimum atomic E-state index is -4.84. The normalized spacial score (nSPS) is 12.3. The van der Waals surface area contributed by atoms with Crippen molar-refractivity contribution >= 4 is 5.91 Å². The first-order valence-corrected chi connectivity index (χ1v) is 6.57. The molecule has 0 aliphatic heterocycles. The topological polar surface area (TPSA) is 55.1 Å². The van der Waals surface area contributed by atoms with E-state index in [1.807, 2.05) is 13.8 Å². The maximum absolute atomic E-state index is 13.1. The van der Waals surface area contributed by atoms with Gasteiger partial charge in [0.15, 0.2) is 0 Å². The van der Waals surface area contributed by atoms with Crippen molar-refractivity contribution in [3.8, 4) is 0 Å². The number of hydrogen-bond donors (Lipinski definition) is 2. The third kappa shape index (κ3) is 4.42. The predicted molar refractivity (Wildman–Crippen MR) is 71.2 cm³/mol. The maximum atomic E-state index is 13.1. The van der Waals surface area contributed by atoms with E-state index in [2.05, 4.69) is 5.32 Å². The Balaban J connectivity index is 2.89. The van der Waals surface area contributed by atoms with Crippen molar-refractivity contribution in [1.29, 1.82) is 0 Å². The Hall–Kier alpha value is -1.63. The Morgan fingerprint density at radius 3 is 2.29 bits per heavy atom. The van der Waals surface area contributed by atoms with Crippen LogP contribution in [0.2, 0.25) is 0 Å². The lowest BCUT2D eigenvalue weighted by Gasteiger charge is -2.26. The molecule has 3 nitrogen and oxygen atoms in total. The largest absolute Gasteiger partial charge is 0.419 e. The molecule has 0 saturated carbocycles. The van der Waals surface area contributed by atoms with E-state index in [-0.39, 0.29) is 12.1 Å². The second kappa shape index (κ2) is 6.43. The molecule has 0 spiro atoms. The van der Waals surface area contributed by atoms with Crippen LogP contribution in [0, 0.1) is 5.82 Å². The average molecular weight is 306 g/mol. The lowest BCUT2D eigenvalue weighted by atomic mass is 9.94. The highest BCUT2D eigenvalue weighted by Crippen LogP contribution is 2.31. The van der Waals surface area contributed by atoms with Crippen molar-refractivity contribution in [2.45, 2.75) is 38.4 Å². The van der Waals surface area contributed by atoms with Gasteiger partial charge in [-0.2, -0.15) is 13.2 Å². The molecule has 0 unspecified atom stereocenters. The van der Waals surface area contributed by atoms with Crippen molar-refractivity contribution in [3.63, 3.8) is 0 Å². The summed E-state index contributed by atoms with van der Waals surface area (Å²) in [6.07, 6.45) is -3.62. The molecule has 0 radical (unpaired) electrons. The summed E-state index contributed by atoms with van der Waals surface area (Å²) < 4.78 is 50.9. The van der Waals surface area contributed by atoms with Crippen LogP contribution in [0.15, 0.2) is 18.2 Å². The summed E-state index contributed by atoms with van der Waals surface area (Å²) in [4.78, 5) is 11.9. The van der Waals surface area contributed by atoms with Gasteiger partial charge in [-0.15, -0.1) is 0 Å². The van der Waals surface area contributed by atoms with Crippen molar-refractivity contribution in [2.24, 2.45) is 5.73 Å². The first-order valence-electron chi connectivity index (χ1n) is 6.57. The molecule has 0 fully saturated rings. The lowest BCUT2D eigenvalue weighted by molar-refractivity contribution is -0.140. The number of amides is 1. The third-order valence-electron chi connectivity index (χ3n) is 3.54. The molecule has 21 heavy (non-hydrogen) atoms. The number of carbonyl (C=O) groups is 1. The van der Waals surface area contributed by atoms with Crippen LogP contribution in [0.4, 0.5) is 17.6 Å². The molecule has 0 aromatic heterocycles. The van der Waals surface area contributed by atoms with E-state index in [9.17, 15) is 22.4 Å². The summed E-state index contributed by atoms with van der Waals surface area (Å²) in [6, 6.07) is 2.14. The quantitative estimate of drug-likeness (QED) is 0.821. The fraction of sp³-hybridized carbons (Fsp3) is 0.500. The number of nitrogens with two attached hydrogens (primary N) is 1. The van der Waals surface area contributed by atoms with Crippen molar-refractivity contribution in [3.05, 3.63) is 35.1 Å². The summed E-state index contributed by atoms with van der Waals surface area (Å²) in [5.74, 6) is -2.12. The highest BCUT2D eigenvalue weighted by molar-refractivity contribution is 5.94. The first-order chi connectivity index (χ1) is 9.63. The molecule has 0 aliphatic rings. The minimum absolute atomic E-state index is 0.136. The lowest BCUT2D eigenvalue weighted by Crippen LogP contribution is -2.49. The van der Waals surface area contributed by atoms with Gasteiger partial charge in [-0.25, -0.2) is 4.39 Å². The molecule has 1 amide bonds. The van der Waals surface area contributed by atoms with Gasteiger partial charge in [-0.1, -0.05) is 13.8 Å². The first kappa shape index (κ1) is 17.4. The Morgan fingerprint density at radius 2 is 1.81 bits per heavy atom. The summed E-state index contributed by atoms with van der Waals surface area (Å²) in [6.45, 7) is 3.85. The molecule has 118 valence electrons. The third-order valence-corrected chi connectivity index (χ3v) is 3.54. The molecule has 0 saturated heterocycles. The van der Waals surface area contributed by atoms with Crippen LogP contribution in [0.5, 0.6) is 0 Å². The second-order valence-corrected chi connectivity index (χ2v) is 4.94. The average Bonchev–Trinajstić information content (AvgIpc) is 2.43. The predicted octanol–water partition coefficient (Wildman–Crippen LogP) is 3.09. The zero-order valence-electron chi connectivity index (χ0n) is 11.9. The van der Waals surface area contributed by atoms with Crippen LogP contribution >= 0.6 is 0 Å². The molecule has 0 atom stereocenters. The van der Waals surface area contributed by atoms with Crippen LogP contribution in [-0.2, 0) is 6.18 Å². The number of alkyl halides is 3. The number of rotatable bonds is 5. The molecule has 1 rings (SSSR count). The molecule has 0 heterocycles. The maximum Gasteiger partial charge on any atom is 0.419 e. The SMILES string of the molecule is CCC(N)(CC)CNC(=O)c1ccc(F)c(C(F)(F)F)c1. The Morgan fingerprint density at radius 1 is 1.24 bits per heavy atom. The van der Waals surface area contributed by atoms with E-state index in [4.69, 9.17) is 5.73 Å². The monoisotopic (exact) mass is 306 g/mol. The van der Waals surface area contributed by atoms with Crippen molar-refractivity contribution in [2.75, 3.05) is 6.54 Å². The Labute approximate surface area is 120 Å². The van der Waals surface area contributed by atoms with Gasteiger partial charge in [-0.05, 0) is 31.0 Å². The van der Waals surface area contributed by atoms with E-state index in [0.29, 0.717) is 25.0 Å². The van der Waals surface area contributed by atoms with Gasteiger partial charge in [-0.3, -0.25) is 4.79 Å². The van der Waals surface area contributed by atoms with Gasteiger partial charge < -0.3 is 11.1 Å². The molecular weight excluding hydrogens is 288 g/mol. The Kier molecular flexibility index (Phi) is 5.33. The van der Waals surface area contributed by atoms with E-state index >= 15 is 0 Å². The van der Waals surface area contributed by atoms with Crippen LogP contribution < -0.4 is 11.1 Å². The van der Waals surface area contributed by atoms with E-state index in [0.717, 1.165) is 6.07 Å². The molecule has 0 aliphatic carbocycles. The standard InChI is InChI=1S/C14H18F4N2O/c1-3-13(19,4-2)8-20-12(21)9-5-6-11(15)10(7-9)14(16,17)18/h5-7H,3-4,8,19H2,1-2H3,(H,20,21). The van der Waals surface area contributed by atoms with Crippen LogP contribution in [0.1, 0.15) is 42.6 Å². The molecule has 1 aromatic carbocycles. The number of benzene rings is 1. The van der Waals surface area contributed by atoms with E-state index in [1.54, 1.807) is 0 Å². The van der Waals surface area contributed by atoms with Gasteiger partial charge in [0.25, 0.3) is 5.91 Å². The number of carbonyl (C=O) groups excluding carboxylic acids is 1. The fourth-order valence-corrected chi connectivity index (χ4v) is 1.74. The summed E-state index contributed by atoms with van der Waals surface area (Å²) in [5.41, 5.74) is 3.67. The van der Waals surface area contributed by atoms with Gasteiger partial charge in [0, 0.05) is 17.6 Å². The van der Waals surface area contributed by atoms with Gasteiger partial charge in [0.2, 0.25) is 0 Å². The highest BCUT2D eigenvalue weighted by Gasteiger charge is 2.34. The van der Waals surface area contributed by atoms with Gasteiger partial charge >= 0.3 is 6.18 Å². The summed E-state index contributed by atoms with van der Waals surface area (Å²) in [7, 11) is 0. The van der Waals surface area contributed by atoms with Crippen molar-refractivity contribution < 1.29 is 22.4 Å². The van der Waals surface area contributed by atoms with E-state index in [1.165, 1.54) is 0 Å². The fourth-order valence-electron chi connectivity index (χ4n) is 1.74. The number of halogens is 4. The molecule has 1 aromatic rings. The second-order valence-electron chi connectivity index (χ2n) is 4.94. The van der Waals surface area contributed by atoms with Gasteiger partial charge in [0.1, 0.15) is 5.82 Å². The summed E-state index contributed by atoms with van der Waals surface area (Å²) in [5, 5.41) is 2.49. The van der Waals surface area contributed by atoms with Crippen LogP contribution in [0.3, 0.4) is 0 Å². The molecule has 0 bridgehead atoms. The van der Waals surface area contributed by atoms with Crippen molar-refractivity contribution in [1.82, 2.24) is 5.32 Å².